The number of nitrogens with zero attached hydrogens (tertiary/aromatic N) is 1. The van der Waals surface area contributed by atoms with Crippen molar-refractivity contribution in [2.24, 2.45) is 0 Å². The fraction of sp³-hybridized carbons (Fsp3) is 0.458. The molecule has 32 heavy (non-hydrogen) atoms. The van der Waals surface area contributed by atoms with Crippen LogP contribution in [0.4, 0.5) is 0 Å². The van der Waals surface area contributed by atoms with E-state index in [0.29, 0.717) is 30.8 Å². The Morgan fingerprint density at radius 3 is 2.41 bits per heavy atom. The molecular weight excluding hydrogens is 428 g/mol. The van der Waals surface area contributed by atoms with Crippen LogP contribution in [0.15, 0.2) is 47.4 Å². The maximum Gasteiger partial charge on any atom is 0.243 e. The quantitative estimate of drug-likeness (QED) is 0.617. The minimum atomic E-state index is -3.55. The van der Waals surface area contributed by atoms with Crippen LogP contribution in [-0.2, 0) is 21.2 Å². The molecule has 1 heterocycles. The van der Waals surface area contributed by atoms with Crippen LogP contribution in [0.1, 0.15) is 49.8 Å². The molecule has 0 aromatic heterocycles. The van der Waals surface area contributed by atoms with E-state index in [1.54, 1.807) is 36.7 Å². The summed E-state index contributed by atoms with van der Waals surface area (Å²) in [6.07, 6.45) is 3.40. The van der Waals surface area contributed by atoms with Crippen LogP contribution in [0.5, 0.6) is 11.5 Å². The number of carbonyl (C=O) groups excluding carboxylic acids is 1. The van der Waals surface area contributed by atoms with Crippen LogP contribution >= 0.6 is 0 Å². The second-order valence-electron chi connectivity index (χ2n) is 7.97. The second kappa shape index (κ2) is 10.8. The van der Waals surface area contributed by atoms with E-state index in [4.69, 9.17) is 9.47 Å². The van der Waals surface area contributed by atoms with Gasteiger partial charge in [0.2, 0.25) is 15.9 Å². The molecule has 1 atom stereocenters. The monoisotopic (exact) mass is 460 g/mol. The maximum atomic E-state index is 13.0. The number of nitrogens with one attached hydrogen (secondary N) is 1. The average Bonchev–Trinajstić information content (AvgIpc) is 2.82. The molecule has 174 valence electrons. The SMILES string of the molecule is COc1ccc(S(=O)(=O)N2CCCCC2)cc1CCC(=O)NC(C)c1ccccc1OC. The minimum Gasteiger partial charge on any atom is -0.496 e. The largest absolute Gasteiger partial charge is 0.496 e. The number of hydrogen-bond acceptors (Lipinski definition) is 5. The normalized spacial score (nSPS) is 15.7. The first-order chi connectivity index (χ1) is 15.4. The molecule has 0 saturated carbocycles. The van der Waals surface area contributed by atoms with Crippen molar-refractivity contribution in [3.05, 3.63) is 53.6 Å². The van der Waals surface area contributed by atoms with E-state index < -0.39 is 10.0 Å². The molecular formula is C24H32N2O5S. The van der Waals surface area contributed by atoms with E-state index >= 15 is 0 Å². The number of carbonyl (C=O) groups is 1. The van der Waals surface area contributed by atoms with Crippen molar-refractivity contribution in [2.75, 3.05) is 27.3 Å². The van der Waals surface area contributed by atoms with Crippen LogP contribution in [-0.4, -0.2) is 45.9 Å². The molecule has 3 rings (SSSR count). The lowest BCUT2D eigenvalue weighted by molar-refractivity contribution is -0.121. The first kappa shape index (κ1) is 24.1. The number of aryl methyl sites for hydroxylation is 1. The Bertz CT molecular complexity index is 1030. The van der Waals surface area contributed by atoms with Crippen molar-refractivity contribution in [1.29, 1.82) is 0 Å². The maximum absolute atomic E-state index is 13.0. The number of hydrogen-bond donors (Lipinski definition) is 1. The van der Waals surface area contributed by atoms with E-state index in [1.807, 2.05) is 31.2 Å². The predicted molar refractivity (Wildman–Crippen MR) is 123 cm³/mol. The topological polar surface area (TPSA) is 84.9 Å². The van der Waals surface area contributed by atoms with Gasteiger partial charge in [0.1, 0.15) is 11.5 Å². The number of ether oxygens (including phenoxy) is 2. The van der Waals surface area contributed by atoms with Gasteiger partial charge in [-0.2, -0.15) is 4.31 Å². The van der Waals surface area contributed by atoms with E-state index in [1.165, 1.54) is 0 Å². The molecule has 1 unspecified atom stereocenters. The summed E-state index contributed by atoms with van der Waals surface area (Å²) in [5.41, 5.74) is 1.60. The third-order valence-corrected chi connectivity index (χ3v) is 7.70. The second-order valence-corrected chi connectivity index (χ2v) is 9.91. The molecule has 1 amide bonds. The molecule has 2 aromatic carbocycles. The van der Waals surface area contributed by atoms with Gasteiger partial charge in [0.25, 0.3) is 0 Å². The summed E-state index contributed by atoms with van der Waals surface area (Å²) in [6, 6.07) is 12.2. The number of sulfonamides is 1. The van der Waals surface area contributed by atoms with Gasteiger partial charge in [-0.15, -0.1) is 0 Å². The standard InChI is InChI=1S/C24H32N2O5S/c1-18(21-9-5-6-10-23(21)31-3)25-24(27)14-11-19-17-20(12-13-22(19)30-2)32(28,29)26-15-7-4-8-16-26/h5-6,9-10,12-13,17-18H,4,7-8,11,14-16H2,1-3H3,(H,25,27). The molecule has 1 saturated heterocycles. The number of piperidine rings is 1. The number of methoxy groups -OCH3 is 2. The fourth-order valence-corrected chi connectivity index (χ4v) is 5.60. The van der Waals surface area contributed by atoms with Gasteiger partial charge in [0.05, 0.1) is 25.2 Å². The molecule has 1 aliphatic rings. The molecule has 1 fully saturated rings. The highest BCUT2D eigenvalue weighted by Gasteiger charge is 2.26. The lowest BCUT2D eigenvalue weighted by Crippen LogP contribution is -2.35. The zero-order chi connectivity index (χ0) is 23.1. The first-order valence-corrected chi connectivity index (χ1v) is 12.4. The lowest BCUT2D eigenvalue weighted by atomic mass is 10.1. The lowest BCUT2D eigenvalue weighted by Gasteiger charge is -2.26. The highest BCUT2D eigenvalue weighted by Crippen LogP contribution is 2.28. The predicted octanol–water partition coefficient (Wildman–Crippen LogP) is 3.69. The Morgan fingerprint density at radius 2 is 1.72 bits per heavy atom. The van der Waals surface area contributed by atoms with E-state index in [0.717, 1.165) is 30.6 Å². The molecule has 0 bridgehead atoms. The van der Waals surface area contributed by atoms with Gasteiger partial charge in [0, 0.05) is 25.1 Å². The number of para-hydroxylation sites is 1. The summed E-state index contributed by atoms with van der Waals surface area (Å²) < 4.78 is 38.4. The van der Waals surface area contributed by atoms with Gasteiger partial charge < -0.3 is 14.8 Å². The van der Waals surface area contributed by atoms with Gasteiger partial charge in [-0.05, 0) is 56.0 Å². The molecule has 7 nitrogen and oxygen atoms in total. The van der Waals surface area contributed by atoms with E-state index in [2.05, 4.69) is 5.32 Å². The van der Waals surface area contributed by atoms with Gasteiger partial charge in [-0.25, -0.2) is 8.42 Å². The van der Waals surface area contributed by atoms with Crippen LogP contribution < -0.4 is 14.8 Å². The minimum absolute atomic E-state index is 0.130. The Hall–Kier alpha value is -2.58. The Balaban J connectivity index is 1.69. The highest BCUT2D eigenvalue weighted by molar-refractivity contribution is 7.89. The zero-order valence-electron chi connectivity index (χ0n) is 19.0. The van der Waals surface area contributed by atoms with Gasteiger partial charge >= 0.3 is 0 Å². The van der Waals surface area contributed by atoms with Crippen LogP contribution in [0.25, 0.3) is 0 Å². The van der Waals surface area contributed by atoms with Crippen LogP contribution in [0.3, 0.4) is 0 Å². The first-order valence-electron chi connectivity index (χ1n) is 11.0. The van der Waals surface area contributed by atoms with Gasteiger partial charge in [0.15, 0.2) is 0 Å². The Kier molecular flexibility index (Phi) is 8.15. The van der Waals surface area contributed by atoms with Crippen molar-refractivity contribution >= 4 is 15.9 Å². The summed E-state index contributed by atoms with van der Waals surface area (Å²) in [4.78, 5) is 12.9. The third-order valence-electron chi connectivity index (χ3n) is 5.81. The van der Waals surface area contributed by atoms with Gasteiger partial charge in [-0.3, -0.25) is 4.79 Å². The van der Waals surface area contributed by atoms with Crippen LogP contribution in [0.2, 0.25) is 0 Å². The molecule has 0 aliphatic carbocycles. The number of benzene rings is 2. The van der Waals surface area contributed by atoms with E-state index in [9.17, 15) is 13.2 Å². The summed E-state index contributed by atoms with van der Waals surface area (Å²) in [6.45, 7) is 3.00. The molecule has 1 aliphatic heterocycles. The zero-order valence-corrected chi connectivity index (χ0v) is 19.8. The number of amides is 1. The van der Waals surface area contributed by atoms with Crippen molar-refractivity contribution < 1.29 is 22.7 Å². The summed E-state index contributed by atoms with van der Waals surface area (Å²) >= 11 is 0. The third kappa shape index (κ3) is 5.61. The Morgan fingerprint density at radius 1 is 1.03 bits per heavy atom. The summed E-state index contributed by atoms with van der Waals surface area (Å²) in [7, 11) is -0.403. The van der Waals surface area contributed by atoms with Crippen molar-refractivity contribution in [1.82, 2.24) is 9.62 Å². The number of rotatable bonds is 9. The van der Waals surface area contributed by atoms with Crippen molar-refractivity contribution in [2.45, 2.75) is 50.0 Å². The molecule has 0 radical (unpaired) electrons. The summed E-state index contributed by atoms with van der Waals surface area (Å²) in [5, 5.41) is 2.99. The Labute approximate surface area is 190 Å². The fourth-order valence-electron chi connectivity index (χ4n) is 4.03. The van der Waals surface area contributed by atoms with Crippen molar-refractivity contribution in [3.8, 4) is 11.5 Å². The average molecular weight is 461 g/mol. The van der Waals surface area contributed by atoms with E-state index in [-0.39, 0.29) is 23.3 Å². The van der Waals surface area contributed by atoms with Gasteiger partial charge in [-0.1, -0.05) is 24.6 Å². The molecule has 1 N–H and O–H groups in total. The smallest absolute Gasteiger partial charge is 0.243 e. The molecule has 8 heteroatoms. The van der Waals surface area contributed by atoms with Crippen LogP contribution in [0, 0.1) is 0 Å². The molecule has 0 spiro atoms. The van der Waals surface area contributed by atoms with Crippen molar-refractivity contribution in [3.63, 3.8) is 0 Å². The highest BCUT2D eigenvalue weighted by atomic mass is 32.2. The molecule has 2 aromatic rings. The summed E-state index contributed by atoms with van der Waals surface area (Å²) in [5.74, 6) is 1.17.